The first kappa shape index (κ1) is 15.0. The number of pyridine rings is 1. The molecule has 0 saturated heterocycles. The zero-order chi connectivity index (χ0) is 15.7. The Labute approximate surface area is 123 Å². The molecule has 0 amide bonds. The molecule has 0 radical (unpaired) electrons. The lowest BCUT2D eigenvalue weighted by Gasteiger charge is -2.14. The molecular formula is C15H19N3O3. The zero-order valence-electron chi connectivity index (χ0n) is 12.9. The second kappa shape index (κ2) is 5.55. The van der Waals surface area contributed by atoms with Gasteiger partial charge < -0.3 is 4.74 Å². The summed E-state index contributed by atoms with van der Waals surface area (Å²) in [7, 11) is 1.79. The van der Waals surface area contributed by atoms with E-state index in [1.807, 2.05) is 6.92 Å². The Kier molecular flexibility index (Phi) is 3.97. The van der Waals surface area contributed by atoms with Crippen LogP contribution in [-0.4, -0.2) is 26.9 Å². The average molecular weight is 289 g/mol. The molecule has 21 heavy (non-hydrogen) atoms. The Hall–Kier alpha value is -2.37. The van der Waals surface area contributed by atoms with Gasteiger partial charge in [0.2, 0.25) is 0 Å². The van der Waals surface area contributed by atoms with Gasteiger partial charge in [-0.1, -0.05) is 0 Å². The maximum Gasteiger partial charge on any atom is 0.340 e. The summed E-state index contributed by atoms with van der Waals surface area (Å²) in [4.78, 5) is 24.4. The molecule has 6 heteroatoms. The third-order valence-corrected chi connectivity index (χ3v) is 3.36. The fraction of sp³-hybridized carbons (Fsp3) is 0.400. The zero-order valence-corrected chi connectivity index (χ0v) is 12.9. The molecular weight excluding hydrogens is 270 g/mol. The molecule has 112 valence electrons. The van der Waals surface area contributed by atoms with Crippen LogP contribution in [0.4, 0.5) is 0 Å². The van der Waals surface area contributed by atoms with Crippen molar-refractivity contribution in [1.82, 2.24) is 14.3 Å². The molecule has 0 spiro atoms. The van der Waals surface area contributed by atoms with Gasteiger partial charge in [-0.25, -0.2) is 4.79 Å². The number of hydrogen-bond donors (Lipinski definition) is 0. The molecule has 6 nitrogen and oxygen atoms in total. The molecule has 2 rings (SSSR count). The maximum atomic E-state index is 12.3. The van der Waals surface area contributed by atoms with E-state index in [9.17, 15) is 9.59 Å². The number of nitrogens with zero attached hydrogens (tertiary/aromatic N) is 3. The van der Waals surface area contributed by atoms with Crippen molar-refractivity contribution in [2.45, 2.75) is 27.7 Å². The molecule has 0 aliphatic heterocycles. The fourth-order valence-electron chi connectivity index (χ4n) is 2.50. The minimum atomic E-state index is -0.414. The Balaban J connectivity index is 2.73. The van der Waals surface area contributed by atoms with Crippen LogP contribution in [0, 0.1) is 20.8 Å². The normalized spacial score (nSPS) is 10.7. The van der Waals surface area contributed by atoms with Crippen LogP contribution in [0.15, 0.2) is 17.1 Å². The van der Waals surface area contributed by atoms with Gasteiger partial charge in [-0.2, -0.15) is 5.10 Å². The van der Waals surface area contributed by atoms with Crippen LogP contribution in [0.1, 0.15) is 34.2 Å². The molecule has 0 saturated carbocycles. The Morgan fingerprint density at radius 2 is 2.00 bits per heavy atom. The third kappa shape index (κ3) is 2.61. The van der Waals surface area contributed by atoms with E-state index < -0.39 is 5.97 Å². The van der Waals surface area contributed by atoms with Crippen molar-refractivity contribution in [2.24, 2.45) is 7.05 Å². The molecule has 0 N–H and O–H groups in total. The number of carbonyl (C=O) groups is 1. The quantitative estimate of drug-likeness (QED) is 0.806. The van der Waals surface area contributed by atoms with Gasteiger partial charge in [0.05, 0.1) is 23.6 Å². The first-order chi connectivity index (χ1) is 9.86. The van der Waals surface area contributed by atoms with E-state index in [0.717, 1.165) is 5.69 Å². The molecule has 0 bridgehead atoms. The first-order valence-corrected chi connectivity index (χ1v) is 6.77. The van der Waals surface area contributed by atoms with E-state index in [1.165, 1.54) is 10.6 Å². The van der Waals surface area contributed by atoms with Crippen LogP contribution in [-0.2, 0) is 11.8 Å². The summed E-state index contributed by atoms with van der Waals surface area (Å²) in [5.41, 5.74) is 2.82. The van der Waals surface area contributed by atoms with E-state index in [2.05, 4.69) is 5.10 Å². The van der Waals surface area contributed by atoms with Crippen LogP contribution in [0.25, 0.3) is 5.69 Å². The number of carbonyl (C=O) groups excluding carboxylic acids is 1. The SMILES string of the molecule is CCOC(=O)c1c(C)cc(=O)n(-c2cn(C)nc2C)c1C. The van der Waals surface area contributed by atoms with Crippen molar-refractivity contribution in [1.29, 1.82) is 0 Å². The van der Waals surface area contributed by atoms with Crippen molar-refractivity contribution in [3.8, 4) is 5.69 Å². The van der Waals surface area contributed by atoms with Crippen LogP contribution >= 0.6 is 0 Å². The molecule has 0 fully saturated rings. The number of esters is 1. The first-order valence-electron chi connectivity index (χ1n) is 6.77. The molecule has 2 aromatic rings. The average Bonchev–Trinajstić information content (AvgIpc) is 2.68. The predicted molar refractivity (Wildman–Crippen MR) is 79.0 cm³/mol. The van der Waals surface area contributed by atoms with Crippen molar-refractivity contribution >= 4 is 5.97 Å². The topological polar surface area (TPSA) is 66.1 Å². The minimum absolute atomic E-state index is 0.186. The van der Waals surface area contributed by atoms with Gasteiger partial charge in [0.25, 0.3) is 5.56 Å². The summed E-state index contributed by atoms with van der Waals surface area (Å²) in [6, 6.07) is 1.45. The Morgan fingerprint density at radius 1 is 1.33 bits per heavy atom. The second-order valence-electron chi connectivity index (χ2n) is 4.96. The van der Waals surface area contributed by atoms with Crippen molar-refractivity contribution in [2.75, 3.05) is 6.61 Å². The molecule has 0 aromatic carbocycles. The maximum absolute atomic E-state index is 12.3. The van der Waals surface area contributed by atoms with E-state index in [0.29, 0.717) is 29.1 Å². The highest BCUT2D eigenvalue weighted by Crippen LogP contribution is 2.18. The van der Waals surface area contributed by atoms with Gasteiger partial charge in [-0.05, 0) is 33.3 Å². The lowest BCUT2D eigenvalue weighted by atomic mass is 10.1. The van der Waals surface area contributed by atoms with Gasteiger partial charge in [0, 0.05) is 25.0 Å². The van der Waals surface area contributed by atoms with Gasteiger partial charge in [0.15, 0.2) is 0 Å². The molecule has 0 aliphatic carbocycles. The highest BCUT2D eigenvalue weighted by atomic mass is 16.5. The van der Waals surface area contributed by atoms with E-state index in [1.54, 1.807) is 38.7 Å². The lowest BCUT2D eigenvalue weighted by molar-refractivity contribution is 0.0523. The largest absolute Gasteiger partial charge is 0.462 e. The van der Waals surface area contributed by atoms with E-state index in [-0.39, 0.29) is 5.56 Å². The number of aromatic nitrogens is 3. The lowest BCUT2D eigenvalue weighted by Crippen LogP contribution is -2.25. The van der Waals surface area contributed by atoms with Gasteiger partial charge in [-0.15, -0.1) is 0 Å². The van der Waals surface area contributed by atoms with Crippen LogP contribution < -0.4 is 5.56 Å². The second-order valence-corrected chi connectivity index (χ2v) is 4.96. The summed E-state index contributed by atoms with van der Waals surface area (Å²) in [5, 5.41) is 4.24. The molecule has 2 aromatic heterocycles. The van der Waals surface area contributed by atoms with Crippen molar-refractivity contribution in [3.63, 3.8) is 0 Å². The van der Waals surface area contributed by atoms with E-state index >= 15 is 0 Å². The molecule has 2 heterocycles. The summed E-state index contributed by atoms with van der Waals surface area (Å²) in [6.07, 6.45) is 1.76. The number of ether oxygens (including phenoxy) is 1. The van der Waals surface area contributed by atoms with Crippen molar-refractivity contribution in [3.05, 3.63) is 45.1 Å². The van der Waals surface area contributed by atoms with Crippen molar-refractivity contribution < 1.29 is 9.53 Å². The van der Waals surface area contributed by atoms with Gasteiger partial charge in [-0.3, -0.25) is 14.0 Å². The smallest absolute Gasteiger partial charge is 0.340 e. The number of hydrogen-bond acceptors (Lipinski definition) is 4. The highest BCUT2D eigenvalue weighted by Gasteiger charge is 2.20. The standard InChI is InChI=1S/C15H19N3O3/c1-6-21-15(20)14-9(2)7-13(19)18(11(14)4)12-8-17(5)16-10(12)3/h7-8H,6H2,1-5H3. The number of aryl methyl sites for hydroxylation is 3. The minimum Gasteiger partial charge on any atom is -0.462 e. The fourth-order valence-corrected chi connectivity index (χ4v) is 2.50. The summed E-state index contributed by atoms with van der Waals surface area (Å²) < 4.78 is 8.22. The van der Waals surface area contributed by atoms with Crippen LogP contribution in [0.5, 0.6) is 0 Å². The number of rotatable bonds is 3. The summed E-state index contributed by atoms with van der Waals surface area (Å²) in [5.74, 6) is -0.414. The Morgan fingerprint density at radius 3 is 2.52 bits per heavy atom. The summed E-state index contributed by atoms with van der Waals surface area (Å²) in [6.45, 7) is 7.35. The third-order valence-electron chi connectivity index (χ3n) is 3.36. The monoisotopic (exact) mass is 289 g/mol. The van der Waals surface area contributed by atoms with E-state index in [4.69, 9.17) is 4.74 Å². The molecule has 0 unspecified atom stereocenters. The highest BCUT2D eigenvalue weighted by molar-refractivity contribution is 5.92. The van der Waals surface area contributed by atoms with Crippen LogP contribution in [0.3, 0.4) is 0 Å². The van der Waals surface area contributed by atoms with Crippen LogP contribution in [0.2, 0.25) is 0 Å². The Bertz CT molecular complexity index is 756. The molecule has 0 aliphatic rings. The van der Waals surface area contributed by atoms with Gasteiger partial charge in [0.1, 0.15) is 0 Å². The molecule has 0 atom stereocenters. The summed E-state index contributed by atoms with van der Waals surface area (Å²) >= 11 is 0. The van der Waals surface area contributed by atoms with Gasteiger partial charge >= 0.3 is 5.97 Å². The predicted octanol–water partition coefficient (Wildman–Crippen LogP) is 1.67.